The number of ether oxygens (including phenoxy) is 1. The molecule has 2 amide bonds. The van der Waals surface area contributed by atoms with E-state index in [4.69, 9.17) is 10.5 Å². The summed E-state index contributed by atoms with van der Waals surface area (Å²) in [5, 5.41) is 2.49. The molecule has 1 saturated carbocycles. The molecule has 5 nitrogen and oxygen atoms in total. The van der Waals surface area contributed by atoms with Crippen molar-refractivity contribution in [1.29, 1.82) is 0 Å². The van der Waals surface area contributed by atoms with Crippen molar-refractivity contribution in [2.45, 2.75) is 18.9 Å². The molecule has 0 spiro atoms. The number of nitrogens with one attached hydrogen (secondary N) is 1. The van der Waals surface area contributed by atoms with Crippen LogP contribution < -0.4 is 15.8 Å². The van der Waals surface area contributed by atoms with Gasteiger partial charge in [-0.3, -0.25) is 9.59 Å². The van der Waals surface area contributed by atoms with Crippen molar-refractivity contribution in [3.8, 4) is 5.75 Å². The van der Waals surface area contributed by atoms with Crippen molar-refractivity contribution in [3.05, 3.63) is 29.3 Å². The minimum absolute atomic E-state index is 0.180. The molecule has 0 unspecified atom stereocenters. The van der Waals surface area contributed by atoms with Crippen LogP contribution in [0.5, 0.6) is 5.75 Å². The van der Waals surface area contributed by atoms with E-state index in [-0.39, 0.29) is 17.6 Å². The minimum atomic E-state index is -0.591. The van der Waals surface area contributed by atoms with Gasteiger partial charge < -0.3 is 15.8 Å². The lowest BCUT2D eigenvalue weighted by atomic mass is 10.1. The smallest absolute Gasteiger partial charge is 0.252 e. The monoisotopic (exact) mass is 234 g/mol. The number of rotatable bonds is 4. The van der Waals surface area contributed by atoms with E-state index >= 15 is 0 Å². The Balaban J connectivity index is 2.32. The first kappa shape index (κ1) is 11.4. The third kappa shape index (κ3) is 2.55. The largest absolute Gasteiger partial charge is 0.490 e. The first-order valence-corrected chi connectivity index (χ1v) is 5.44. The summed E-state index contributed by atoms with van der Waals surface area (Å²) in [4.78, 5) is 22.7. The highest BCUT2D eigenvalue weighted by Crippen LogP contribution is 2.29. The Labute approximate surface area is 98.9 Å². The maximum absolute atomic E-state index is 11.4. The van der Waals surface area contributed by atoms with Crippen LogP contribution in [0.4, 0.5) is 0 Å². The molecule has 0 heterocycles. The first-order chi connectivity index (χ1) is 8.11. The maximum atomic E-state index is 11.4. The highest BCUT2D eigenvalue weighted by Gasteiger charge is 2.25. The molecule has 0 aromatic heterocycles. The second kappa shape index (κ2) is 4.45. The lowest BCUT2D eigenvalue weighted by molar-refractivity contribution is 0.0963. The van der Waals surface area contributed by atoms with Gasteiger partial charge >= 0.3 is 0 Å². The van der Waals surface area contributed by atoms with Crippen LogP contribution in [0.1, 0.15) is 33.6 Å². The van der Waals surface area contributed by atoms with Gasteiger partial charge in [0.25, 0.3) is 11.8 Å². The fourth-order valence-electron chi connectivity index (χ4n) is 1.48. The Kier molecular flexibility index (Phi) is 2.99. The Morgan fingerprint density at radius 1 is 1.41 bits per heavy atom. The van der Waals surface area contributed by atoms with Crippen molar-refractivity contribution in [2.75, 3.05) is 7.05 Å². The molecule has 5 heteroatoms. The molecule has 0 aliphatic heterocycles. The van der Waals surface area contributed by atoms with Gasteiger partial charge in [-0.25, -0.2) is 0 Å². The summed E-state index contributed by atoms with van der Waals surface area (Å²) in [6.07, 6.45) is 2.17. The SMILES string of the molecule is CNC(=O)c1ccc(OC2CC2)c(C(N)=O)c1. The first-order valence-electron chi connectivity index (χ1n) is 5.44. The molecular weight excluding hydrogens is 220 g/mol. The molecule has 0 bridgehead atoms. The molecular formula is C12H14N2O3. The number of carbonyl (C=O) groups is 2. The van der Waals surface area contributed by atoms with Crippen LogP contribution in [-0.4, -0.2) is 25.0 Å². The summed E-state index contributed by atoms with van der Waals surface area (Å²) in [5.74, 6) is -0.399. The molecule has 90 valence electrons. The fourth-order valence-corrected chi connectivity index (χ4v) is 1.48. The van der Waals surface area contributed by atoms with Crippen LogP contribution in [0, 0.1) is 0 Å². The van der Waals surface area contributed by atoms with Gasteiger partial charge in [0.1, 0.15) is 5.75 Å². The highest BCUT2D eigenvalue weighted by atomic mass is 16.5. The zero-order valence-electron chi connectivity index (χ0n) is 9.53. The third-order valence-corrected chi connectivity index (χ3v) is 2.55. The van der Waals surface area contributed by atoms with Crippen molar-refractivity contribution in [2.24, 2.45) is 5.73 Å². The molecule has 0 saturated heterocycles. The normalized spacial score (nSPS) is 14.2. The number of primary amides is 1. The highest BCUT2D eigenvalue weighted by molar-refractivity contribution is 6.00. The molecule has 1 aromatic rings. The van der Waals surface area contributed by atoms with E-state index in [1.54, 1.807) is 12.1 Å². The topological polar surface area (TPSA) is 81.4 Å². The van der Waals surface area contributed by atoms with Crippen LogP contribution in [0.3, 0.4) is 0 Å². The summed E-state index contributed by atoms with van der Waals surface area (Å²) in [6, 6.07) is 4.69. The second-order valence-corrected chi connectivity index (χ2v) is 3.97. The third-order valence-electron chi connectivity index (χ3n) is 2.55. The maximum Gasteiger partial charge on any atom is 0.252 e. The number of carbonyl (C=O) groups excluding carboxylic acids is 2. The molecule has 2 rings (SSSR count). The van der Waals surface area contributed by atoms with Crippen LogP contribution in [0.15, 0.2) is 18.2 Å². The van der Waals surface area contributed by atoms with Gasteiger partial charge in [0, 0.05) is 12.6 Å². The predicted molar refractivity (Wildman–Crippen MR) is 62.0 cm³/mol. The van der Waals surface area contributed by atoms with Crippen LogP contribution in [0.2, 0.25) is 0 Å². The summed E-state index contributed by atoms with van der Waals surface area (Å²) < 4.78 is 5.55. The molecule has 17 heavy (non-hydrogen) atoms. The average molecular weight is 234 g/mol. The van der Waals surface area contributed by atoms with Gasteiger partial charge in [0.2, 0.25) is 0 Å². The minimum Gasteiger partial charge on any atom is -0.490 e. The van der Waals surface area contributed by atoms with Gasteiger partial charge in [0.05, 0.1) is 11.7 Å². The molecule has 3 N–H and O–H groups in total. The van der Waals surface area contributed by atoms with E-state index in [1.807, 2.05) is 0 Å². The Hall–Kier alpha value is -2.04. The zero-order valence-corrected chi connectivity index (χ0v) is 9.53. The van der Waals surface area contributed by atoms with E-state index in [1.165, 1.54) is 13.1 Å². The molecule has 1 aliphatic rings. The fraction of sp³-hybridized carbons (Fsp3) is 0.333. The molecule has 0 atom stereocenters. The average Bonchev–Trinajstić information content (AvgIpc) is 3.12. The molecule has 1 fully saturated rings. The molecule has 1 aliphatic carbocycles. The van der Waals surface area contributed by atoms with Gasteiger partial charge in [-0.15, -0.1) is 0 Å². The zero-order chi connectivity index (χ0) is 12.4. The van der Waals surface area contributed by atoms with Crippen LogP contribution in [-0.2, 0) is 0 Å². The van der Waals surface area contributed by atoms with Gasteiger partial charge in [-0.2, -0.15) is 0 Å². The standard InChI is InChI=1S/C12H14N2O3/c1-14-12(16)7-2-5-10(17-8-3-4-8)9(6-7)11(13)15/h2,5-6,8H,3-4H2,1H3,(H2,13,15)(H,14,16). The van der Waals surface area contributed by atoms with Crippen molar-refractivity contribution < 1.29 is 14.3 Å². The number of hydrogen-bond acceptors (Lipinski definition) is 3. The van der Waals surface area contributed by atoms with Crippen LogP contribution in [0.25, 0.3) is 0 Å². The molecule has 0 radical (unpaired) electrons. The summed E-state index contributed by atoms with van der Waals surface area (Å²) >= 11 is 0. The number of hydrogen-bond donors (Lipinski definition) is 2. The van der Waals surface area contributed by atoms with E-state index in [2.05, 4.69) is 5.32 Å². The quantitative estimate of drug-likeness (QED) is 0.804. The van der Waals surface area contributed by atoms with Crippen molar-refractivity contribution in [3.63, 3.8) is 0 Å². The lowest BCUT2D eigenvalue weighted by Crippen LogP contribution is -2.20. The van der Waals surface area contributed by atoms with Gasteiger partial charge in [-0.05, 0) is 31.0 Å². The Bertz CT molecular complexity index is 467. The predicted octanol–water partition coefficient (Wildman–Crippen LogP) is 0.686. The number of nitrogens with two attached hydrogens (primary N) is 1. The van der Waals surface area contributed by atoms with Gasteiger partial charge in [-0.1, -0.05) is 0 Å². The van der Waals surface area contributed by atoms with E-state index in [0.29, 0.717) is 11.3 Å². The number of benzene rings is 1. The number of amides is 2. The van der Waals surface area contributed by atoms with Crippen molar-refractivity contribution in [1.82, 2.24) is 5.32 Å². The summed E-state index contributed by atoms with van der Waals surface area (Å²) in [5.41, 5.74) is 5.91. The van der Waals surface area contributed by atoms with Crippen molar-refractivity contribution >= 4 is 11.8 Å². The van der Waals surface area contributed by atoms with Gasteiger partial charge in [0.15, 0.2) is 0 Å². The summed E-state index contributed by atoms with van der Waals surface area (Å²) in [7, 11) is 1.53. The van der Waals surface area contributed by atoms with E-state index in [9.17, 15) is 9.59 Å². The Morgan fingerprint density at radius 2 is 2.12 bits per heavy atom. The molecule has 1 aromatic carbocycles. The van der Waals surface area contributed by atoms with E-state index in [0.717, 1.165) is 12.8 Å². The van der Waals surface area contributed by atoms with E-state index < -0.39 is 5.91 Å². The summed E-state index contributed by atoms with van der Waals surface area (Å²) in [6.45, 7) is 0. The van der Waals surface area contributed by atoms with Crippen LogP contribution >= 0.6 is 0 Å². The lowest BCUT2D eigenvalue weighted by Gasteiger charge is -2.10. The Morgan fingerprint density at radius 3 is 2.65 bits per heavy atom. The second-order valence-electron chi connectivity index (χ2n) is 3.97.